The maximum Gasteiger partial charge on any atom is 0.253 e. The molecule has 1 aliphatic carbocycles. The maximum absolute atomic E-state index is 12.9. The minimum absolute atomic E-state index is 0.0408. The van der Waals surface area contributed by atoms with Gasteiger partial charge in [0.25, 0.3) is 5.91 Å². The number of benzene rings is 1. The van der Waals surface area contributed by atoms with Gasteiger partial charge in [0, 0.05) is 51.1 Å². The molecule has 1 saturated carbocycles. The van der Waals surface area contributed by atoms with Crippen LogP contribution in [0, 0.1) is 5.92 Å². The molecule has 30 heavy (non-hydrogen) atoms. The van der Waals surface area contributed by atoms with Crippen molar-refractivity contribution in [2.45, 2.75) is 64.2 Å². The second kappa shape index (κ2) is 11.9. The van der Waals surface area contributed by atoms with Crippen LogP contribution in [-0.4, -0.2) is 45.2 Å². The molecule has 6 heteroatoms. The molecule has 1 saturated heterocycles. The first-order valence-electron chi connectivity index (χ1n) is 11.6. The summed E-state index contributed by atoms with van der Waals surface area (Å²) < 4.78 is 5.06. The summed E-state index contributed by atoms with van der Waals surface area (Å²) >= 11 is 0. The van der Waals surface area contributed by atoms with Crippen molar-refractivity contribution < 1.29 is 14.3 Å². The molecule has 0 spiro atoms. The van der Waals surface area contributed by atoms with Gasteiger partial charge in [0.15, 0.2) is 0 Å². The van der Waals surface area contributed by atoms with Crippen LogP contribution in [0.15, 0.2) is 18.2 Å². The first-order chi connectivity index (χ1) is 14.7. The molecule has 1 aliphatic heterocycles. The summed E-state index contributed by atoms with van der Waals surface area (Å²) in [6, 6.07) is 5.75. The van der Waals surface area contributed by atoms with E-state index in [0.29, 0.717) is 36.7 Å². The molecular weight excluding hydrogens is 378 g/mol. The molecule has 0 unspecified atom stereocenters. The van der Waals surface area contributed by atoms with E-state index in [1.807, 2.05) is 18.2 Å². The normalized spacial score (nSPS) is 17.2. The number of rotatable bonds is 10. The third kappa shape index (κ3) is 6.73. The fourth-order valence-electron chi connectivity index (χ4n) is 4.58. The summed E-state index contributed by atoms with van der Waals surface area (Å²) in [5.74, 6) is 0.651. The first-order valence-corrected chi connectivity index (χ1v) is 11.6. The van der Waals surface area contributed by atoms with Crippen molar-refractivity contribution in [3.8, 4) is 0 Å². The third-order valence-corrected chi connectivity index (χ3v) is 6.29. The zero-order chi connectivity index (χ0) is 21.2. The fraction of sp³-hybridized carbons (Fsp3) is 0.667. The fourth-order valence-corrected chi connectivity index (χ4v) is 4.58. The zero-order valence-corrected chi connectivity index (χ0v) is 18.4. The lowest BCUT2D eigenvalue weighted by atomic mass is 10.0. The Morgan fingerprint density at radius 1 is 1.10 bits per heavy atom. The number of anilines is 2. The Morgan fingerprint density at radius 2 is 1.87 bits per heavy atom. The SMILES string of the molecule is COCCCNC(=O)c1cc(NC(=O)CCC2CCCC2)ccc1N1CCCCC1. The molecule has 2 aliphatic rings. The van der Waals surface area contributed by atoms with Crippen LogP contribution in [0.5, 0.6) is 0 Å². The number of piperidine rings is 1. The molecule has 2 N–H and O–H groups in total. The van der Waals surface area contributed by atoms with E-state index in [-0.39, 0.29) is 11.8 Å². The topological polar surface area (TPSA) is 70.7 Å². The number of ether oxygens (including phenoxy) is 1. The van der Waals surface area contributed by atoms with E-state index in [4.69, 9.17) is 4.74 Å². The molecule has 166 valence electrons. The van der Waals surface area contributed by atoms with Gasteiger partial charge in [0.2, 0.25) is 5.91 Å². The average molecular weight is 416 g/mol. The van der Waals surface area contributed by atoms with Crippen LogP contribution in [0.4, 0.5) is 11.4 Å². The standard InChI is InChI=1S/C24H37N3O3/c1-30-17-7-14-25-24(29)21-18-20(11-12-22(21)27-15-5-2-6-16-27)26-23(28)13-10-19-8-3-4-9-19/h11-12,18-19H,2-10,13-17H2,1H3,(H,25,29)(H,26,28). The Balaban J connectivity index is 1.66. The highest BCUT2D eigenvalue weighted by atomic mass is 16.5. The highest BCUT2D eigenvalue weighted by Crippen LogP contribution is 2.29. The van der Waals surface area contributed by atoms with Crippen molar-refractivity contribution >= 4 is 23.2 Å². The number of carbonyl (C=O) groups excluding carboxylic acids is 2. The maximum atomic E-state index is 12.9. The van der Waals surface area contributed by atoms with Gasteiger partial charge in [0.05, 0.1) is 5.56 Å². The second-order valence-electron chi connectivity index (χ2n) is 8.62. The molecule has 2 fully saturated rings. The number of nitrogens with one attached hydrogen (secondary N) is 2. The molecule has 2 amide bonds. The van der Waals surface area contributed by atoms with Crippen LogP contribution >= 0.6 is 0 Å². The summed E-state index contributed by atoms with van der Waals surface area (Å²) in [4.78, 5) is 27.7. The summed E-state index contributed by atoms with van der Waals surface area (Å²) in [6.07, 6.45) is 10.9. The molecule has 1 aromatic rings. The quantitative estimate of drug-likeness (QED) is 0.557. The summed E-state index contributed by atoms with van der Waals surface area (Å²) in [6.45, 7) is 3.13. The highest BCUT2D eigenvalue weighted by Gasteiger charge is 2.20. The first kappa shape index (κ1) is 22.6. The molecule has 3 rings (SSSR count). The number of methoxy groups -OCH3 is 1. The number of carbonyl (C=O) groups is 2. The van der Waals surface area contributed by atoms with E-state index in [1.54, 1.807) is 7.11 Å². The molecule has 0 bridgehead atoms. The molecule has 1 aromatic carbocycles. The van der Waals surface area contributed by atoms with E-state index < -0.39 is 0 Å². The van der Waals surface area contributed by atoms with Crippen molar-refractivity contribution in [2.75, 3.05) is 43.6 Å². The smallest absolute Gasteiger partial charge is 0.253 e. The van der Waals surface area contributed by atoms with Crippen LogP contribution in [0.3, 0.4) is 0 Å². The summed E-state index contributed by atoms with van der Waals surface area (Å²) in [7, 11) is 1.66. The van der Waals surface area contributed by atoms with Crippen molar-refractivity contribution in [1.29, 1.82) is 0 Å². The Kier molecular flexibility index (Phi) is 9.00. The van der Waals surface area contributed by atoms with E-state index >= 15 is 0 Å². The molecular formula is C24H37N3O3. The predicted octanol–water partition coefficient (Wildman–Crippen LogP) is 4.35. The molecule has 6 nitrogen and oxygen atoms in total. The van der Waals surface area contributed by atoms with Gasteiger partial charge in [-0.25, -0.2) is 0 Å². The van der Waals surface area contributed by atoms with Gasteiger partial charge >= 0.3 is 0 Å². The van der Waals surface area contributed by atoms with Gasteiger partial charge in [-0.3, -0.25) is 9.59 Å². The minimum Gasteiger partial charge on any atom is -0.385 e. The van der Waals surface area contributed by atoms with E-state index in [9.17, 15) is 9.59 Å². The predicted molar refractivity (Wildman–Crippen MR) is 121 cm³/mol. The third-order valence-electron chi connectivity index (χ3n) is 6.29. The minimum atomic E-state index is -0.0891. The Bertz CT molecular complexity index is 695. The molecule has 0 atom stereocenters. The van der Waals surface area contributed by atoms with E-state index in [1.165, 1.54) is 32.1 Å². The van der Waals surface area contributed by atoms with Gasteiger partial charge in [-0.1, -0.05) is 25.7 Å². The largest absolute Gasteiger partial charge is 0.385 e. The summed E-state index contributed by atoms with van der Waals surface area (Å²) in [5, 5.41) is 6.01. The number of amides is 2. The molecule has 1 heterocycles. The summed E-state index contributed by atoms with van der Waals surface area (Å²) in [5.41, 5.74) is 2.31. The van der Waals surface area contributed by atoms with Gasteiger partial charge in [-0.05, 0) is 56.2 Å². The lowest BCUT2D eigenvalue weighted by Crippen LogP contribution is -2.33. The van der Waals surface area contributed by atoms with Crippen LogP contribution < -0.4 is 15.5 Å². The molecule has 0 aromatic heterocycles. The number of nitrogens with zero attached hydrogens (tertiary/aromatic N) is 1. The van der Waals surface area contributed by atoms with Crippen molar-refractivity contribution in [1.82, 2.24) is 5.32 Å². The van der Waals surface area contributed by atoms with Crippen molar-refractivity contribution in [3.05, 3.63) is 23.8 Å². The van der Waals surface area contributed by atoms with Gasteiger partial charge in [-0.15, -0.1) is 0 Å². The monoisotopic (exact) mass is 415 g/mol. The molecule has 0 radical (unpaired) electrons. The Hall–Kier alpha value is -2.08. The van der Waals surface area contributed by atoms with Crippen molar-refractivity contribution in [3.63, 3.8) is 0 Å². The van der Waals surface area contributed by atoms with Gasteiger partial charge in [0.1, 0.15) is 0 Å². The van der Waals surface area contributed by atoms with Crippen LogP contribution in [0.25, 0.3) is 0 Å². The Morgan fingerprint density at radius 3 is 2.60 bits per heavy atom. The second-order valence-corrected chi connectivity index (χ2v) is 8.62. The van der Waals surface area contributed by atoms with Crippen molar-refractivity contribution in [2.24, 2.45) is 5.92 Å². The lowest BCUT2D eigenvalue weighted by Gasteiger charge is -2.30. The average Bonchev–Trinajstić information content (AvgIpc) is 3.29. The zero-order valence-electron chi connectivity index (χ0n) is 18.4. The van der Waals surface area contributed by atoms with Crippen LogP contribution in [0.1, 0.15) is 74.6 Å². The highest BCUT2D eigenvalue weighted by molar-refractivity contribution is 6.02. The van der Waals surface area contributed by atoms with E-state index in [0.717, 1.165) is 44.5 Å². The van der Waals surface area contributed by atoms with Gasteiger partial charge in [-0.2, -0.15) is 0 Å². The number of hydrogen-bond acceptors (Lipinski definition) is 4. The van der Waals surface area contributed by atoms with Gasteiger partial charge < -0.3 is 20.3 Å². The lowest BCUT2D eigenvalue weighted by molar-refractivity contribution is -0.116. The number of hydrogen-bond donors (Lipinski definition) is 2. The Labute approximate surface area is 180 Å². The van der Waals surface area contributed by atoms with E-state index in [2.05, 4.69) is 15.5 Å². The van der Waals surface area contributed by atoms with Crippen LogP contribution in [0.2, 0.25) is 0 Å². The van der Waals surface area contributed by atoms with Crippen LogP contribution in [-0.2, 0) is 9.53 Å².